The van der Waals surface area contributed by atoms with Crippen molar-refractivity contribution >= 4 is 5.91 Å². The quantitative estimate of drug-likeness (QED) is 0.661. The van der Waals surface area contributed by atoms with E-state index in [9.17, 15) is 13.6 Å². The van der Waals surface area contributed by atoms with Crippen molar-refractivity contribution in [2.24, 2.45) is 0 Å². The molecular weight excluding hydrogens is 352 g/mol. The lowest BCUT2D eigenvalue weighted by molar-refractivity contribution is -0.120. The van der Waals surface area contributed by atoms with E-state index in [4.69, 9.17) is 0 Å². The highest BCUT2D eigenvalue weighted by Crippen LogP contribution is 2.15. The molecule has 5 nitrogen and oxygen atoms in total. The summed E-state index contributed by atoms with van der Waals surface area (Å²) in [6.07, 6.45) is 2.68. The number of benzene rings is 2. The summed E-state index contributed by atoms with van der Waals surface area (Å²) < 4.78 is 30.3. The topological polar surface area (TPSA) is 56.1 Å². The first-order chi connectivity index (χ1) is 13.1. The summed E-state index contributed by atoms with van der Waals surface area (Å²) in [5, 5.41) is 7.32. The highest BCUT2D eigenvalue weighted by atomic mass is 19.3. The largest absolute Gasteiger partial charge is 0.435 e. The van der Waals surface area contributed by atoms with Crippen LogP contribution in [0.2, 0.25) is 0 Å². The molecule has 3 aromatic rings. The Morgan fingerprint density at radius 2 is 1.81 bits per heavy atom. The standard InChI is InChI=1S/C20H19F2N3O2/c21-20(22)27-18-8-6-15(7-9-18)14-19(26)23-12-10-16-11-13-25(24-16)17-4-2-1-3-5-17/h1-9,11,13,20H,10,12,14H2,(H,23,26). The summed E-state index contributed by atoms with van der Waals surface area (Å²) in [7, 11) is 0. The van der Waals surface area contributed by atoms with Crippen LogP contribution >= 0.6 is 0 Å². The molecule has 0 unspecified atom stereocenters. The lowest BCUT2D eigenvalue weighted by Crippen LogP contribution is -2.27. The lowest BCUT2D eigenvalue weighted by atomic mass is 10.1. The molecule has 1 heterocycles. The molecule has 27 heavy (non-hydrogen) atoms. The van der Waals surface area contributed by atoms with Gasteiger partial charge in [0.15, 0.2) is 0 Å². The molecule has 0 saturated carbocycles. The van der Waals surface area contributed by atoms with Crippen LogP contribution in [0.25, 0.3) is 5.69 Å². The third-order valence-corrected chi connectivity index (χ3v) is 3.88. The molecule has 3 rings (SSSR count). The van der Waals surface area contributed by atoms with Gasteiger partial charge in [0.1, 0.15) is 5.75 Å². The number of carbonyl (C=O) groups is 1. The maximum absolute atomic E-state index is 12.1. The number of amides is 1. The molecule has 1 aromatic heterocycles. The number of carbonyl (C=O) groups excluding carboxylic acids is 1. The number of hydrogen-bond acceptors (Lipinski definition) is 3. The summed E-state index contributed by atoms with van der Waals surface area (Å²) in [6.45, 7) is -2.39. The second-order valence-corrected chi connectivity index (χ2v) is 5.89. The van der Waals surface area contributed by atoms with Crippen LogP contribution < -0.4 is 10.1 Å². The van der Waals surface area contributed by atoms with E-state index >= 15 is 0 Å². The van der Waals surface area contributed by atoms with Crippen molar-refractivity contribution in [2.45, 2.75) is 19.5 Å². The zero-order chi connectivity index (χ0) is 19.1. The van der Waals surface area contributed by atoms with Gasteiger partial charge in [-0.05, 0) is 35.9 Å². The van der Waals surface area contributed by atoms with Gasteiger partial charge in [-0.15, -0.1) is 0 Å². The number of hydrogen-bond donors (Lipinski definition) is 1. The van der Waals surface area contributed by atoms with Crippen molar-refractivity contribution in [1.82, 2.24) is 15.1 Å². The smallest absolute Gasteiger partial charge is 0.387 e. The fourth-order valence-electron chi connectivity index (χ4n) is 2.59. The zero-order valence-corrected chi connectivity index (χ0v) is 14.5. The van der Waals surface area contributed by atoms with E-state index in [2.05, 4.69) is 15.2 Å². The van der Waals surface area contributed by atoms with Gasteiger partial charge in [0.2, 0.25) is 5.91 Å². The highest BCUT2D eigenvalue weighted by molar-refractivity contribution is 5.78. The van der Waals surface area contributed by atoms with Crippen LogP contribution in [0.5, 0.6) is 5.75 Å². The van der Waals surface area contributed by atoms with Crippen LogP contribution in [-0.2, 0) is 17.6 Å². The van der Waals surface area contributed by atoms with Crippen LogP contribution in [0.1, 0.15) is 11.3 Å². The molecule has 0 aliphatic carbocycles. The third-order valence-electron chi connectivity index (χ3n) is 3.88. The maximum atomic E-state index is 12.1. The van der Waals surface area contributed by atoms with Crippen molar-refractivity contribution in [3.05, 3.63) is 78.1 Å². The monoisotopic (exact) mass is 371 g/mol. The van der Waals surface area contributed by atoms with Crippen molar-refractivity contribution in [2.75, 3.05) is 6.54 Å². The zero-order valence-electron chi connectivity index (χ0n) is 14.5. The van der Waals surface area contributed by atoms with E-state index in [-0.39, 0.29) is 18.1 Å². The summed E-state index contributed by atoms with van der Waals surface area (Å²) in [5.41, 5.74) is 2.59. The van der Waals surface area contributed by atoms with Crippen molar-refractivity contribution < 1.29 is 18.3 Å². The summed E-state index contributed by atoms with van der Waals surface area (Å²) >= 11 is 0. The molecule has 140 valence electrons. The van der Waals surface area contributed by atoms with Gasteiger partial charge in [-0.25, -0.2) is 4.68 Å². The van der Waals surface area contributed by atoms with Crippen molar-refractivity contribution in [3.8, 4) is 11.4 Å². The van der Waals surface area contributed by atoms with Gasteiger partial charge in [-0.1, -0.05) is 30.3 Å². The Morgan fingerprint density at radius 1 is 1.07 bits per heavy atom. The van der Waals surface area contributed by atoms with Gasteiger partial charge in [-0.2, -0.15) is 13.9 Å². The number of alkyl halides is 2. The Kier molecular flexibility index (Phi) is 6.14. The van der Waals surface area contributed by atoms with Crippen molar-refractivity contribution in [1.29, 1.82) is 0 Å². The summed E-state index contributed by atoms with van der Waals surface area (Å²) in [5.74, 6) is -0.0665. The van der Waals surface area contributed by atoms with Crippen LogP contribution in [0.4, 0.5) is 8.78 Å². The average Bonchev–Trinajstić information content (AvgIpc) is 3.13. The molecule has 0 saturated heterocycles. The lowest BCUT2D eigenvalue weighted by Gasteiger charge is -2.07. The van der Waals surface area contributed by atoms with Gasteiger partial charge in [-0.3, -0.25) is 4.79 Å². The van der Waals surface area contributed by atoms with Gasteiger partial charge in [0, 0.05) is 19.2 Å². The van der Waals surface area contributed by atoms with Crippen LogP contribution in [0, 0.1) is 0 Å². The molecule has 0 spiro atoms. The Labute approximate surface area is 155 Å². The first kappa shape index (κ1) is 18.6. The molecule has 0 radical (unpaired) electrons. The SMILES string of the molecule is O=C(Cc1ccc(OC(F)F)cc1)NCCc1ccn(-c2ccccc2)n1. The number of nitrogens with one attached hydrogen (secondary N) is 1. The summed E-state index contributed by atoms with van der Waals surface area (Å²) in [6, 6.07) is 17.7. The number of aromatic nitrogens is 2. The average molecular weight is 371 g/mol. The molecule has 1 amide bonds. The predicted octanol–water partition coefficient (Wildman–Crippen LogP) is 3.38. The second-order valence-electron chi connectivity index (χ2n) is 5.89. The molecule has 2 aromatic carbocycles. The number of para-hydroxylation sites is 1. The number of ether oxygens (including phenoxy) is 1. The van der Waals surface area contributed by atoms with E-state index in [0.717, 1.165) is 16.9 Å². The van der Waals surface area contributed by atoms with Gasteiger partial charge >= 0.3 is 6.61 Å². The van der Waals surface area contributed by atoms with Crippen LogP contribution in [0.3, 0.4) is 0 Å². The first-order valence-corrected chi connectivity index (χ1v) is 8.50. The second kappa shape index (κ2) is 8.93. The molecule has 0 aliphatic heterocycles. The molecule has 7 heteroatoms. The highest BCUT2D eigenvalue weighted by Gasteiger charge is 2.07. The minimum Gasteiger partial charge on any atom is -0.435 e. The number of halogens is 2. The Hall–Kier alpha value is -3.22. The van der Waals surface area contributed by atoms with Crippen LogP contribution in [0.15, 0.2) is 66.9 Å². The fraction of sp³-hybridized carbons (Fsp3) is 0.200. The first-order valence-electron chi connectivity index (χ1n) is 8.50. The summed E-state index contributed by atoms with van der Waals surface area (Å²) in [4.78, 5) is 12.0. The fourth-order valence-corrected chi connectivity index (χ4v) is 2.59. The molecule has 0 bridgehead atoms. The molecule has 1 N–H and O–H groups in total. The van der Waals surface area contributed by atoms with E-state index in [0.29, 0.717) is 13.0 Å². The number of nitrogens with zero attached hydrogens (tertiary/aromatic N) is 2. The van der Waals surface area contributed by atoms with Crippen LogP contribution in [-0.4, -0.2) is 28.8 Å². The van der Waals surface area contributed by atoms with Gasteiger partial charge in [0.05, 0.1) is 17.8 Å². The number of rotatable bonds is 8. The molecular formula is C20H19F2N3O2. The molecule has 0 fully saturated rings. The van der Waals surface area contributed by atoms with E-state index < -0.39 is 6.61 Å². The van der Waals surface area contributed by atoms with E-state index in [1.54, 1.807) is 16.8 Å². The Bertz CT molecular complexity index is 864. The maximum Gasteiger partial charge on any atom is 0.387 e. The van der Waals surface area contributed by atoms with Gasteiger partial charge < -0.3 is 10.1 Å². The molecule has 0 atom stereocenters. The van der Waals surface area contributed by atoms with E-state index in [1.807, 2.05) is 42.6 Å². The molecule has 0 aliphatic rings. The predicted molar refractivity (Wildman–Crippen MR) is 97.1 cm³/mol. The third kappa shape index (κ3) is 5.64. The Balaban J connectivity index is 1.44. The minimum absolute atomic E-state index is 0.0724. The van der Waals surface area contributed by atoms with E-state index in [1.165, 1.54) is 12.1 Å². The normalized spacial score (nSPS) is 10.8. The van der Waals surface area contributed by atoms with Gasteiger partial charge in [0.25, 0.3) is 0 Å². The minimum atomic E-state index is -2.86. The van der Waals surface area contributed by atoms with Crippen molar-refractivity contribution in [3.63, 3.8) is 0 Å². The Morgan fingerprint density at radius 3 is 2.52 bits per heavy atom.